The van der Waals surface area contributed by atoms with Gasteiger partial charge in [0.25, 0.3) is 0 Å². The topological polar surface area (TPSA) is 51.1 Å². The van der Waals surface area contributed by atoms with Gasteiger partial charge in [-0.05, 0) is 38.3 Å². The number of nitrogens with zero attached hydrogens (tertiary/aromatic N) is 3. The van der Waals surface area contributed by atoms with E-state index >= 15 is 0 Å². The monoisotopic (exact) mass is 472 g/mol. The minimum absolute atomic E-state index is 0. The summed E-state index contributed by atoms with van der Waals surface area (Å²) in [5, 5.41) is 13.2. The molecule has 26 heavy (non-hydrogen) atoms. The molecule has 6 heteroatoms. The Balaban J connectivity index is 0.00000243. The summed E-state index contributed by atoms with van der Waals surface area (Å²) < 4.78 is 0. The zero-order chi connectivity index (χ0) is 17.5. The SMILES string of the molecule is CCNC(=NCC1CCCCN1Cc1ccccc1)N1CC[C@@H](O)C1.I. The molecule has 0 bridgehead atoms. The Bertz CT molecular complexity index is 554. The Hall–Kier alpha value is -0.860. The van der Waals surface area contributed by atoms with Gasteiger partial charge < -0.3 is 15.3 Å². The molecule has 0 aliphatic carbocycles. The van der Waals surface area contributed by atoms with Gasteiger partial charge in [-0.3, -0.25) is 9.89 Å². The molecule has 146 valence electrons. The number of likely N-dealkylation sites (tertiary alicyclic amines) is 2. The molecule has 2 atom stereocenters. The summed E-state index contributed by atoms with van der Waals surface area (Å²) in [5.41, 5.74) is 1.38. The lowest BCUT2D eigenvalue weighted by molar-refractivity contribution is 0.145. The number of aliphatic imine (C=N–C) groups is 1. The van der Waals surface area contributed by atoms with Gasteiger partial charge in [-0.25, -0.2) is 0 Å². The second kappa shape index (κ2) is 11.1. The number of piperidine rings is 1. The van der Waals surface area contributed by atoms with Gasteiger partial charge in [0, 0.05) is 32.2 Å². The molecular weight excluding hydrogens is 439 g/mol. The van der Waals surface area contributed by atoms with Crippen LogP contribution in [0.15, 0.2) is 35.3 Å². The molecule has 1 aromatic carbocycles. The Kier molecular flexibility index (Phi) is 9.15. The minimum atomic E-state index is -0.215. The van der Waals surface area contributed by atoms with E-state index in [4.69, 9.17) is 4.99 Å². The summed E-state index contributed by atoms with van der Waals surface area (Å²) >= 11 is 0. The van der Waals surface area contributed by atoms with Crippen LogP contribution in [0, 0.1) is 0 Å². The molecule has 2 aliphatic heterocycles. The van der Waals surface area contributed by atoms with Crippen LogP contribution in [0.25, 0.3) is 0 Å². The fraction of sp³-hybridized carbons (Fsp3) is 0.650. The zero-order valence-electron chi connectivity index (χ0n) is 15.8. The lowest BCUT2D eigenvalue weighted by atomic mass is 10.0. The van der Waals surface area contributed by atoms with Gasteiger partial charge in [-0.1, -0.05) is 36.8 Å². The summed E-state index contributed by atoms with van der Waals surface area (Å²) in [4.78, 5) is 9.71. The first-order valence-corrected chi connectivity index (χ1v) is 9.75. The standard InChI is InChI=1S/C20H32N4O.HI/c1-2-21-20(24-13-11-19(25)16-24)22-14-18-10-6-7-12-23(18)15-17-8-4-3-5-9-17;/h3-5,8-9,18-19,25H,2,6-7,10-16H2,1H3,(H,21,22);1H/t18?,19-;/m1./s1. The van der Waals surface area contributed by atoms with Crippen molar-refractivity contribution in [2.45, 2.75) is 51.3 Å². The van der Waals surface area contributed by atoms with Crippen molar-refractivity contribution in [3.05, 3.63) is 35.9 Å². The van der Waals surface area contributed by atoms with Gasteiger partial charge in [-0.2, -0.15) is 0 Å². The second-order valence-corrected chi connectivity index (χ2v) is 7.19. The minimum Gasteiger partial charge on any atom is -0.391 e. The summed E-state index contributed by atoms with van der Waals surface area (Å²) in [6.07, 6.45) is 4.43. The Morgan fingerprint density at radius 3 is 2.69 bits per heavy atom. The van der Waals surface area contributed by atoms with Crippen molar-refractivity contribution in [2.75, 3.05) is 32.7 Å². The van der Waals surface area contributed by atoms with Crippen LogP contribution in [0.5, 0.6) is 0 Å². The van der Waals surface area contributed by atoms with Crippen molar-refractivity contribution >= 4 is 29.9 Å². The van der Waals surface area contributed by atoms with E-state index in [9.17, 15) is 5.11 Å². The summed E-state index contributed by atoms with van der Waals surface area (Å²) in [7, 11) is 0. The van der Waals surface area contributed by atoms with Crippen LogP contribution < -0.4 is 5.32 Å². The smallest absolute Gasteiger partial charge is 0.194 e. The highest BCUT2D eigenvalue weighted by atomic mass is 127. The van der Waals surface area contributed by atoms with Gasteiger partial charge in [-0.15, -0.1) is 24.0 Å². The molecule has 2 fully saturated rings. The van der Waals surface area contributed by atoms with E-state index in [0.29, 0.717) is 12.6 Å². The molecule has 1 unspecified atom stereocenters. The van der Waals surface area contributed by atoms with E-state index in [2.05, 4.69) is 52.4 Å². The molecule has 3 rings (SSSR count). The molecular formula is C20H33IN4O. The van der Waals surface area contributed by atoms with Crippen molar-refractivity contribution in [2.24, 2.45) is 4.99 Å². The number of halogens is 1. The number of aliphatic hydroxyl groups excluding tert-OH is 1. The predicted molar refractivity (Wildman–Crippen MR) is 118 cm³/mol. The predicted octanol–water partition coefficient (Wildman–Crippen LogP) is 2.69. The quantitative estimate of drug-likeness (QED) is 0.393. The molecule has 0 amide bonds. The van der Waals surface area contributed by atoms with Crippen LogP contribution in [0.2, 0.25) is 0 Å². The summed E-state index contributed by atoms with van der Waals surface area (Å²) in [6, 6.07) is 11.3. The molecule has 2 saturated heterocycles. The zero-order valence-corrected chi connectivity index (χ0v) is 18.1. The Labute approximate surface area is 174 Å². The van der Waals surface area contributed by atoms with Crippen molar-refractivity contribution in [1.82, 2.24) is 15.1 Å². The molecule has 1 aromatic rings. The first kappa shape index (κ1) is 21.4. The van der Waals surface area contributed by atoms with Crippen LogP contribution in [-0.4, -0.2) is 65.7 Å². The van der Waals surface area contributed by atoms with Gasteiger partial charge in [0.2, 0.25) is 0 Å². The van der Waals surface area contributed by atoms with Gasteiger partial charge in [0.05, 0.1) is 12.6 Å². The van der Waals surface area contributed by atoms with E-state index in [-0.39, 0.29) is 30.1 Å². The van der Waals surface area contributed by atoms with Crippen LogP contribution in [-0.2, 0) is 6.54 Å². The molecule has 0 spiro atoms. The number of aliphatic hydroxyl groups is 1. The maximum Gasteiger partial charge on any atom is 0.194 e. The van der Waals surface area contributed by atoms with Crippen molar-refractivity contribution in [3.8, 4) is 0 Å². The highest BCUT2D eigenvalue weighted by Gasteiger charge is 2.25. The average Bonchev–Trinajstić information content (AvgIpc) is 3.07. The third-order valence-electron chi connectivity index (χ3n) is 5.23. The lowest BCUT2D eigenvalue weighted by Gasteiger charge is -2.35. The first-order valence-electron chi connectivity index (χ1n) is 9.75. The molecule has 0 aromatic heterocycles. The number of β-amino-alcohol motifs (C(OH)–C–C–N with tert-alkyl or cyclic N) is 1. The number of hydrogen-bond acceptors (Lipinski definition) is 3. The highest BCUT2D eigenvalue weighted by Crippen LogP contribution is 2.20. The van der Waals surface area contributed by atoms with E-state index in [1.54, 1.807) is 0 Å². The third-order valence-corrected chi connectivity index (χ3v) is 5.23. The Morgan fingerprint density at radius 1 is 1.19 bits per heavy atom. The average molecular weight is 472 g/mol. The maximum atomic E-state index is 9.81. The highest BCUT2D eigenvalue weighted by molar-refractivity contribution is 14.0. The van der Waals surface area contributed by atoms with Crippen LogP contribution >= 0.6 is 24.0 Å². The van der Waals surface area contributed by atoms with E-state index < -0.39 is 0 Å². The third kappa shape index (κ3) is 6.09. The van der Waals surface area contributed by atoms with Crippen molar-refractivity contribution in [1.29, 1.82) is 0 Å². The van der Waals surface area contributed by atoms with Crippen LogP contribution in [0.1, 0.15) is 38.2 Å². The number of rotatable bonds is 5. The summed E-state index contributed by atoms with van der Waals surface area (Å²) in [5.74, 6) is 0.962. The molecule has 0 saturated carbocycles. The van der Waals surface area contributed by atoms with Crippen LogP contribution in [0.4, 0.5) is 0 Å². The number of hydrogen-bond donors (Lipinski definition) is 2. The van der Waals surface area contributed by atoms with E-state index in [1.165, 1.54) is 24.8 Å². The van der Waals surface area contributed by atoms with Crippen LogP contribution in [0.3, 0.4) is 0 Å². The summed E-state index contributed by atoms with van der Waals surface area (Å²) in [6.45, 7) is 7.57. The maximum absolute atomic E-state index is 9.81. The molecule has 5 nitrogen and oxygen atoms in total. The van der Waals surface area contributed by atoms with Gasteiger partial charge in [0.1, 0.15) is 0 Å². The fourth-order valence-corrected chi connectivity index (χ4v) is 3.84. The van der Waals surface area contributed by atoms with Crippen molar-refractivity contribution in [3.63, 3.8) is 0 Å². The molecule has 2 aliphatic rings. The number of guanidine groups is 1. The first-order chi connectivity index (χ1) is 12.3. The van der Waals surface area contributed by atoms with Gasteiger partial charge >= 0.3 is 0 Å². The lowest BCUT2D eigenvalue weighted by Crippen LogP contribution is -2.44. The van der Waals surface area contributed by atoms with Gasteiger partial charge in [0.15, 0.2) is 5.96 Å². The van der Waals surface area contributed by atoms with E-state index in [0.717, 1.165) is 45.1 Å². The normalized spacial score (nSPS) is 24.4. The molecule has 0 radical (unpaired) electrons. The largest absolute Gasteiger partial charge is 0.391 e. The second-order valence-electron chi connectivity index (χ2n) is 7.19. The molecule has 2 heterocycles. The van der Waals surface area contributed by atoms with Crippen molar-refractivity contribution < 1.29 is 5.11 Å². The molecule has 2 N–H and O–H groups in total. The number of nitrogens with one attached hydrogen (secondary N) is 1. The fourth-order valence-electron chi connectivity index (χ4n) is 3.84. The number of benzene rings is 1. The Morgan fingerprint density at radius 2 is 2.00 bits per heavy atom. The van der Waals surface area contributed by atoms with E-state index in [1.807, 2.05) is 0 Å².